The zero-order valence-electron chi connectivity index (χ0n) is 38.4. The first kappa shape index (κ1) is 52.4. The second kappa shape index (κ2) is 24.3. The van der Waals surface area contributed by atoms with Gasteiger partial charge in [-0.25, -0.2) is 0 Å². The van der Waals surface area contributed by atoms with Gasteiger partial charge in [-0.2, -0.15) is 0 Å². The van der Waals surface area contributed by atoms with Crippen LogP contribution >= 0.6 is 0 Å². The van der Waals surface area contributed by atoms with Crippen molar-refractivity contribution in [3.63, 3.8) is 0 Å². The molecule has 0 aromatic heterocycles. The molecule has 4 N–H and O–H groups in total. The normalized spacial score (nSPS) is 44.6. The number of hydrogen-bond donors (Lipinski definition) is 4. The van der Waals surface area contributed by atoms with Crippen molar-refractivity contribution in [1.29, 1.82) is 0 Å². The second-order valence-electron chi connectivity index (χ2n) is 17.9. The predicted octanol–water partition coefficient (Wildman–Crippen LogP) is 2.47. The maximum atomic E-state index is 13.7. The fourth-order valence-corrected chi connectivity index (χ4v) is 9.14. The van der Waals surface area contributed by atoms with E-state index in [-0.39, 0.29) is 25.2 Å². The van der Waals surface area contributed by atoms with Crippen LogP contribution in [0.5, 0.6) is 0 Å². The van der Waals surface area contributed by atoms with Crippen LogP contribution in [0.4, 0.5) is 0 Å². The zero-order chi connectivity index (χ0) is 46.0. The Kier molecular flexibility index (Phi) is 20.6. The quantitative estimate of drug-likeness (QED) is 0.154. The molecule has 20 unspecified atom stereocenters. The minimum atomic E-state index is -1.33. The SMILES string of the molecule is CCC1OC(=O)CC(O)C(C)C(OC2OC(C)C(OC3CCC(O)C(C)O3)C(N(C)C)C2O)C(CC=O)CC(C)C(=O)/C=C/C(C)=C/C1COC1OC(C)C(O)C(OC)C1OC. The lowest BCUT2D eigenvalue weighted by Gasteiger charge is -2.49. The molecule has 17 nitrogen and oxygen atoms in total. The number of esters is 1. The molecule has 20 atom stereocenters. The fourth-order valence-electron chi connectivity index (χ4n) is 9.14. The number of hydrogen-bond acceptors (Lipinski definition) is 17. The highest BCUT2D eigenvalue weighted by Gasteiger charge is 2.50. The number of ketones is 1. The smallest absolute Gasteiger partial charge is 0.308 e. The van der Waals surface area contributed by atoms with Crippen molar-refractivity contribution in [2.75, 3.05) is 34.9 Å². The standard InChI is InChI=1S/C45H75NO16/c1-12-34-30(22-56-45-43(55-11)42(54-10)38(52)27(6)58-45)19-23(2)13-14-31(48)24(3)20-29(17-18-47)40(25(4)33(50)21-35(51)60-34)62-44-39(53)37(46(8)9)41(28(7)59-44)61-36-16-15-32(49)26(5)57-36/h13-14,18-19,24-30,32-34,36-45,49-50,52-53H,12,15-17,20-22H2,1-11H3/b14-13+,23-19+. The first-order chi connectivity index (χ1) is 29.3. The molecule has 3 saturated heterocycles. The third kappa shape index (κ3) is 13.4. The predicted molar refractivity (Wildman–Crippen MR) is 224 cm³/mol. The largest absolute Gasteiger partial charge is 0.462 e. The molecule has 0 aromatic carbocycles. The third-order valence-corrected chi connectivity index (χ3v) is 13.0. The number of methoxy groups -OCH3 is 2. The topological polar surface area (TPSA) is 218 Å². The van der Waals surface area contributed by atoms with Gasteiger partial charge in [0.1, 0.15) is 42.9 Å². The number of aliphatic hydroxyl groups is 4. The van der Waals surface area contributed by atoms with Gasteiger partial charge in [0.25, 0.3) is 0 Å². The van der Waals surface area contributed by atoms with E-state index in [1.54, 1.807) is 54.8 Å². The molecule has 356 valence electrons. The van der Waals surface area contributed by atoms with Gasteiger partial charge in [0.05, 0.1) is 55.7 Å². The number of likely N-dealkylation sites (N-methyl/N-ethyl adjacent to an activating group) is 1. The molecule has 0 amide bonds. The Morgan fingerprint density at radius 3 is 2.10 bits per heavy atom. The number of ether oxygens (including phenoxy) is 9. The minimum absolute atomic E-state index is 0.00520. The van der Waals surface area contributed by atoms with Crippen LogP contribution in [0, 0.1) is 23.7 Å². The molecular formula is C45H75NO16. The van der Waals surface area contributed by atoms with Crippen LogP contribution in [-0.2, 0) is 57.0 Å². The monoisotopic (exact) mass is 886 g/mol. The van der Waals surface area contributed by atoms with Gasteiger partial charge in [0.15, 0.2) is 24.7 Å². The van der Waals surface area contributed by atoms with E-state index in [9.17, 15) is 34.8 Å². The van der Waals surface area contributed by atoms with Gasteiger partial charge < -0.3 is 72.8 Å². The number of carbonyl (C=O) groups excluding carboxylic acids is 3. The Balaban J connectivity index is 1.61. The summed E-state index contributed by atoms with van der Waals surface area (Å²) < 4.78 is 54.7. The van der Waals surface area contributed by atoms with Gasteiger partial charge in [-0.3, -0.25) is 9.59 Å². The van der Waals surface area contributed by atoms with E-state index >= 15 is 0 Å². The summed E-state index contributed by atoms with van der Waals surface area (Å²) >= 11 is 0. The third-order valence-electron chi connectivity index (χ3n) is 13.0. The molecule has 3 fully saturated rings. The summed E-state index contributed by atoms with van der Waals surface area (Å²) in [5, 5.41) is 44.5. The number of nitrogens with zero attached hydrogens (tertiary/aromatic N) is 1. The highest BCUT2D eigenvalue weighted by molar-refractivity contribution is 5.91. The van der Waals surface area contributed by atoms with Gasteiger partial charge in [-0.1, -0.05) is 38.5 Å². The van der Waals surface area contributed by atoms with E-state index in [0.29, 0.717) is 24.8 Å². The Bertz CT molecular complexity index is 1480. The van der Waals surface area contributed by atoms with Crippen molar-refractivity contribution in [1.82, 2.24) is 4.90 Å². The summed E-state index contributed by atoms with van der Waals surface area (Å²) in [6, 6.07) is -0.647. The molecule has 62 heavy (non-hydrogen) atoms. The van der Waals surface area contributed by atoms with Gasteiger partial charge in [-0.15, -0.1) is 0 Å². The lowest BCUT2D eigenvalue weighted by atomic mass is 9.79. The molecule has 4 aliphatic heterocycles. The summed E-state index contributed by atoms with van der Waals surface area (Å²) in [6.07, 6.45) is -5.69. The highest BCUT2D eigenvalue weighted by atomic mass is 16.7. The van der Waals surface area contributed by atoms with Crippen LogP contribution in [-0.4, -0.2) is 176 Å². The van der Waals surface area contributed by atoms with Crippen LogP contribution in [0.1, 0.15) is 87.0 Å². The molecule has 4 aliphatic rings. The summed E-state index contributed by atoms with van der Waals surface area (Å²) in [5.41, 5.74) is 0.698. The van der Waals surface area contributed by atoms with Crippen molar-refractivity contribution in [2.45, 2.75) is 185 Å². The molecular weight excluding hydrogens is 810 g/mol. The highest BCUT2D eigenvalue weighted by Crippen LogP contribution is 2.36. The van der Waals surface area contributed by atoms with Gasteiger partial charge >= 0.3 is 5.97 Å². The first-order valence-electron chi connectivity index (χ1n) is 22.2. The number of aldehydes is 1. The van der Waals surface area contributed by atoms with Crippen LogP contribution in [0.25, 0.3) is 0 Å². The number of allylic oxidation sites excluding steroid dienone is 3. The molecule has 0 aliphatic carbocycles. The van der Waals surface area contributed by atoms with E-state index in [2.05, 4.69) is 0 Å². The van der Waals surface area contributed by atoms with Crippen LogP contribution < -0.4 is 0 Å². The number of rotatable bonds is 13. The molecule has 0 radical (unpaired) electrons. The van der Waals surface area contributed by atoms with Crippen LogP contribution in [0.3, 0.4) is 0 Å². The van der Waals surface area contributed by atoms with Crippen molar-refractivity contribution in [3.8, 4) is 0 Å². The van der Waals surface area contributed by atoms with E-state index in [4.69, 9.17) is 42.6 Å². The van der Waals surface area contributed by atoms with Crippen molar-refractivity contribution >= 4 is 18.0 Å². The zero-order valence-corrected chi connectivity index (χ0v) is 38.4. The summed E-state index contributed by atoms with van der Waals surface area (Å²) in [5.74, 6) is -3.44. The Morgan fingerprint density at radius 1 is 0.806 bits per heavy atom. The molecule has 17 heteroatoms. The second-order valence-corrected chi connectivity index (χ2v) is 17.9. The summed E-state index contributed by atoms with van der Waals surface area (Å²) in [6.45, 7) is 12.4. The van der Waals surface area contributed by atoms with E-state index in [1.165, 1.54) is 20.3 Å². The molecule has 0 spiro atoms. The maximum Gasteiger partial charge on any atom is 0.308 e. The van der Waals surface area contributed by atoms with E-state index in [1.807, 2.05) is 24.8 Å². The summed E-state index contributed by atoms with van der Waals surface area (Å²) in [7, 11) is 6.54. The van der Waals surface area contributed by atoms with Crippen molar-refractivity contribution in [2.24, 2.45) is 23.7 Å². The van der Waals surface area contributed by atoms with E-state index in [0.717, 1.165) is 6.29 Å². The number of cyclic esters (lactones) is 1. The van der Waals surface area contributed by atoms with Crippen LogP contribution in [0.15, 0.2) is 23.8 Å². The molecule has 4 rings (SSSR count). The first-order valence-corrected chi connectivity index (χ1v) is 22.2. The maximum absolute atomic E-state index is 13.7. The molecule has 0 saturated carbocycles. The fraction of sp³-hybridized carbons (Fsp3) is 0.844. The summed E-state index contributed by atoms with van der Waals surface area (Å²) in [4.78, 5) is 41.5. The lowest BCUT2D eigenvalue weighted by molar-refractivity contribution is -0.332. The Morgan fingerprint density at radius 2 is 1.48 bits per heavy atom. The lowest BCUT2D eigenvalue weighted by Crippen LogP contribution is -2.64. The number of carbonyl (C=O) groups is 3. The molecule has 0 aromatic rings. The van der Waals surface area contributed by atoms with Gasteiger partial charge in [0.2, 0.25) is 0 Å². The van der Waals surface area contributed by atoms with E-state index < -0.39 is 134 Å². The average molecular weight is 886 g/mol. The average Bonchev–Trinajstić information content (AvgIpc) is 3.22. The van der Waals surface area contributed by atoms with Crippen molar-refractivity contribution in [3.05, 3.63) is 23.8 Å². The minimum Gasteiger partial charge on any atom is -0.462 e. The Labute approximate surface area is 367 Å². The van der Waals surface area contributed by atoms with Gasteiger partial charge in [-0.05, 0) is 73.0 Å². The van der Waals surface area contributed by atoms with Gasteiger partial charge in [0, 0.05) is 44.8 Å². The van der Waals surface area contributed by atoms with Crippen molar-refractivity contribution < 1.29 is 77.4 Å². The molecule has 4 heterocycles. The Hall–Kier alpha value is -2.23. The van der Waals surface area contributed by atoms with Crippen LogP contribution in [0.2, 0.25) is 0 Å². The molecule has 0 bridgehead atoms. The number of aliphatic hydroxyl groups excluding tert-OH is 4.